The van der Waals surface area contributed by atoms with E-state index in [4.69, 9.17) is 32.7 Å². The molecule has 3 aromatic rings. The van der Waals surface area contributed by atoms with Gasteiger partial charge in [0.1, 0.15) is 24.1 Å². The van der Waals surface area contributed by atoms with E-state index in [0.29, 0.717) is 28.7 Å². The summed E-state index contributed by atoms with van der Waals surface area (Å²) >= 11 is 12.6. The van der Waals surface area contributed by atoms with Crippen LogP contribution in [0.4, 0.5) is 10.1 Å². The molecule has 0 aliphatic heterocycles. The van der Waals surface area contributed by atoms with Crippen LogP contribution in [0.1, 0.15) is 18.1 Å². The molecule has 0 atom stereocenters. The minimum absolute atomic E-state index is 0.0278. The normalized spacial score (nSPS) is 10.9. The van der Waals surface area contributed by atoms with Crippen LogP contribution in [0.25, 0.3) is 6.08 Å². The van der Waals surface area contributed by atoms with E-state index in [2.05, 4.69) is 5.32 Å². The summed E-state index contributed by atoms with van der Waals surface area (Å²) in [5, 5.41) is 12.6. The second-order valence-corrected chi connectivity index (χ2v) is 7.56. The molecule has 33 heavy (non-hydrogen) atoms. The molecule has 0 saturated heterocycles. The van der Waals surface area contributed by atoms with Gasteiger partial charge in [-0.15, -0.1) is 0 Å². The molecule has 0 aromatic heterocycles. The number of nitriles is 1. The molecule has 3 aromatic carbocycles. The molecule has 0 spiro atoms. The molecule has 168 valence electrons. The van der Waals surface area contributed by atoms with Gasteiger partial charge in [-0.3, -0.25) is 4.79 Å². The Hall–Kier alpha value is -3.53. The Morgan fingerprint density at radius 2 is 1.82 bits per heavy atom. The minimum atomic E-state index is -0.754. The molecule has 1 N–H and O–H groups in total. The lowest BCUT2D eigenvalue weighted by atomic mass is 10.1. The van der Waals surface area contributed by atoms with Crippen molar-refractivity contribution in [2.75, 3.05) is 11.9 Å². The molecular formula is C25H19Cl2FN2O3. The van der Waals surface area contributed by atoms with Crippen molar-refractivity contribution in [2.24, 2.45) is 0 Å². The van der Waals surface area contributed by atoms with Gasteiger partial charge in [0.15, 0.2) is 11.5 Å². The summed E-state index contributed by atoms with van der Waals surface area (Å²) in [6.45, 7) is 2.31. The van der Waals surface area contributed by atoms with E-state index in [1.807, 2.05) is 24.3 Å². The number of halogens is 3. The maximum Gasteiger partial charge on any atom is 0.266 e. The zero-order valence-electron chi connectivity index (χ0n) is 17.6. The summed E-state index contributed by atoms with van der Waals surface area (Å²) < 4.78 is 25.4. The highest BCUT2D eigenvalue weighted by molar-refractivity contribution is 6.32. The van der Waals surface area contributed by atoms with Crippen molar-refractivity contribution in [2.45, 2.75) is 13.5 Å². The lowest BCUT2D eigenvalue weighted by Gasteiger charge is -2.15. The average molecular weight is 485 g/mol. The van der Waals surface area contributed by atoms with Crippen LogP contribution in [0, 0.1) is 17.1 Å². The predicted octanol–water partition coefficient (Wildman–Crippen LogP) is 6.66. The second-order valence-electron chi connectivity index (χ2n) is 6.75. The molecule has 3 rings (SSSR count). The summed E-state index contributed by atoms with van der Waals surface area (Å²) in [6.07, 6.45) is 1.34. The fraction of sp³-hybridized carbons (Fsp3) is 0.120. The third kappa shape index (κ3) is 6.26. The second kappa shape index (κ2) is 11.4. The molecule has 5 nitrogen and oxygen atoms in total. The van der Waals surface area contributed by atoms with Crippen molar-refractivity contribution < 1.29 is 18.7 Å². The van der Waals surface area contributed by atoms with Crippen LogP contribution in [-0.4, -0.2) is 12.5 Å². The lowest BCUT2D eigenvalue weighted by Crippen LogP contribution is -2.14. The molecule has 1 amide bonds. The molecule has 0 unspecified atom stereocenters. The van der Waals surface area contributed by atoms with Crippen molar-refractivity contribution in [1.29, 1.82) is 5.26 Å². The highest BCUT2D eigenvalue weighted by atomic mass is 35.5. The number of ether oxygens (including phenoxy) is 2. The Morgan fingerprint density at radius 1 is 1.09 bits per heavy atom. The first-order valence-corrected chi connectivity index (χ1v) is 10.7. The highest BCUT2D eigenvalue weighted by Gasteiger charge is 2.16. The van der Waals surface area contributed by atoms with Crippen LogP contribution in [0.15, 0.2) is 66.2 Å². The fourth-order valence-electron chi connectivity index (χ4n) is 2.91. The minimum Gasteiger partial charge on any atom is -0.490 e. The van der Waals surface area contributed by atoms with Crippen molar-refractivity contribution >= 4 is 40.9 Å². The van der Waals surface area contributed by atoms with Gasteiger partial charge in [0.2, 0.25) is 0 Å². The average Bonchev–Trinajstić information content (AvgIpc) is 2.79. The van der Waals surface area contributed by atoms with E-state index in [1.165, 1.54) is 24.3 Å². The first-order valence-electron chi connectivity index (χ1n) is 9.93. The highest BCUT2D eigenvalue weighted by Crippen LogP contribution is 2.38. The lowest BCUT2D eigenvalue weighted by molar-refractivity contribution is -0.112. The number of hydrogen-bond acceptors (Lipinski definition) is 4. The summed E-state index contributed by atoms with van der Waals surface area (Å²) in [6, 6.07) is 17.9. The Bertz CT molecular complexity index is 1240. The Labute approximate surface area is 201 Å². The molecule has 0 heterocycles. The standard InChI is InChI=1S/C25H19Cl2FN2O3/c1-2-32-23-13-16(11-18(14-29)25(31)30-22-10-6-5-9-21(22)28)12-20(27)24(23)33-15-17-7-3-4-8-19(17)26/h3-13H,2,15H2,1H3,(H,30,31)/b18-11-. The Kier molecular flexibility index (Phi) is 8.31. The first-order chi connectivity index (χ1) is 15.9. The summed E-state index contributed by atoms with van der Waals surface area (Å²) in [5.41, 5.74) is 0.952. The van der Waals surface area contributed by atoms with Gasteiger partial charge in [-0.1, -0.05) is 53.5 Å². The van der Waals surface area contributed by atoms with Crippen LogP contribution in [0.2, 0.25) is 10.0 Å². The van der Waals surface area contributed by atoms with Gasteiger partial charge in [0.05, 0.1) is 17.3 Å². The van der Waals surface area contributed by atoms with Crippen molar-refractivity contribution in [3.63, 3.8) is 0 Å². The number of anilines is 1. The predicted molar refractivity (Wildman–Crippen MR) is 127 cm³/mol. The number of para-hydroxylation sites is 1. The summed E-state index contributed by atoms with van der Waals surface area (Å²) in [7, 11) is 0. The monoisotopic (exact) mass is 484 g/mol. The smallest absolute Gasteiger partial charge is 0.266 e. The fourth-order valence-corrected chi connectivity index (χ4v) is 3.37. The van der Waals surface area contributed by atoms with Gasteiger partial charge in [-0.05, 0) is 48.9 Å². The van der Waals surface area contributed by atoms with E-state index in [-0.39, 0.29) is 22.9 Å². The van der Waals surface area contributed by atoms with E-state index in [1.54, 1.807) is 31.2 Å². The number of benzene rings is 3. The van der Waals surface area contributed by atoms with Crippen LogP contribution in [0.3, 0.4) is 0 Å². The molecule has 0 radical (unpaired) electrons. The van der Waals surface area contributed by atoms with Crippen molar-refractivity contribution in [1.82, 2.24) is 0 Å². The molecular weight excluding hydrogens is 466 g/mol. The third-order valence-corrected chi connectivity index (χ3v) is 5.11. The number of nitrogens with zero attached hydrogens (tertiary/aromatic N) is 1. The van der Waals surface area contributed by atoms with Gasteiger partial charge >= 0.3 is 0 Å². The number of hydrogen-bond donors (Lipinski definition) is 1. The van der Waals surface area contributed by atoms with E-state index < -0.39 is 11.7 Å². The van der Waals surface area contributed by atoms with Gasteiger partial charge in [0.25, 0.3) is 5.91 Å². The maximum absolute atomic E-state index is 13.8. The van der Waals surface area contributed by atoms with E-state index in [9.17, 15) is 14.4 Å². The van der Waals surface area contributed by atoms with Gasteiger partial charge in [0, 0.05) is 10.6 Å². The summed E-state index contributed by atoms with van der Waals surface area (Å²) in [4.78, 5) is 12.5. The molecule has 0 aliphatic rings. The zero-order chi connectivity index (χ0) is 23.8. The molecule has 0 fully saturated rings. The maximum atomic E-state index is 13.8. The van der Waals surface area contributed by atoms with Gasteiger partial charge in [-0.25, -0.2) is 4.39 Å². The summed E-state index contributed by atoms with van der Waals surface area (Å²) in [5.74, 6) is -0.708. The number of amides is 1. The van der Waals surface area contributed by atoms with E-state index >= 15 is 0 Å². The topological polar surface area (TPSA) is 71.3 Å². The SMILES string of the molecule is CCOc1cc(/C=C(/C#N)C(=O)Nc2ccccc2F)cc(Cl)c1OCc1ccccc1Cl. The van der Waals surface area contributed by atoms with Gasteiger partial charge < -0.3 is 14.8 Å². The number of carbonyl (C=O) groups excluding carboxylic acids is 1. The van der Waals surface area contributed by atoms with Crippen LogP contribution in [0.5, 0.6) is 11.5 Å². The largest absolute Gasteiger partial charge is 0.490 e. The zero-order valence-corrected chi connectivity index (χ0v) is 19.1. The van der Waals surface area contributed by atoms with Crippen LogP contribution < -0.4 is 14.8 Å². The first kappa shape index (κ1) is 24.1. The van der Waals surface area contributed by atoms with Crippen molar-refractivity contribution in [3.05, 3.63) is 93.2 Å². The van der Waals surface area contributed by atoms with Crippen LogP contribution >= 0.6 is 23.2 Å². The number of nitrogens with one attached hydrogen (secondary N) is 1. The quantitative estimate of drug-likeness (QED) is 0.286. The molecule has 0 bridgehead atoms. The number of carbonyl (C=O) groups is 1. The number of rotatable bonds is 8. The van der Waals surface area contributed by atoms with E-state index in [0.717, 1.165) is 5.56 Å². The Balaban J connectivity index is 1.87. The molecule has 8 heteroatoms. The van der Waals surface area contributed by atoms with Crippen LogP contribution in [-0.2, 0) is 11.4 Å². The van der Waals surface area contributed by atoms with Gasteiger partial charge in [-0.2, -0.15) is 5.26 Å². The van der Waals surface area contributed by atoms with Crippen molar-refractivity contribution in [3.8, 4) is 17.6 Å². The molecule has 0 saturated carbocycles. The molecule has 0 aliphatic carbocycles. The third-order valence-electron chi connectivity index (χ3n) is 4.46. The Morgan fingerprint density at radius 3 is 2.52 bits per heavy atom.